The molecule has 150 valence electrons. The van der Waals surface area contributed by atoms with Crippen LogP contribution in [0.3, 0.4) is 0 Å². The van der Waals surface area contributed by atoms with Gasteiger partial charge in [-0.05, 0) is 61.9 Å². The predicted octanol–water partition coefficient (Wildman–Crippen LogP) is 4.12. The lowest BCUT2D eigenvalue weighted by atomic mass is 9.90. The van der Waals surface area contributed by atoms with Gasteiger partial charge in [0.05, 0.1) is 21.3 Å². The fourth-order valence-corrected chi connectivity index (χ4v) is 3.83. The topological polar surface area (TPSA) is 48.0 Å². The first kappa shape index (κ1) is 20.1. The molecule has 1 amide bonds. The van der Waals surface area contributed by atoms with Gasteiger partial charge in [0.1, 0.15) is 17.2 Å². The van der Waals surface area contributed by atoms with Crippen molar-refractivity contribution in [3.05, 3.63) is 53.1 Å². The van der Waals surface area contributed by atoms with Crippen molar-refractivity contribution in [2.24, 2.45) is 5.92 Å². The molecule has 5 nitrogen and oxygen atoms in total. The van der Waals surface area contributed by atoms with Gasteiger partial charge in [0.25, 0.3) is 5.91 Å². The van der Waals surface area contributed by atoms with Crippen LogP contribution in [0.2, 0.25) is 0 Å². The normalized spacial score (nSPS) is 14.6. The number of hydrogen-bond donors (Lipinski definition) is 0. The molecule has 1 fully saturated rings. The maximum Gasteiger partial charge on any atom is 0.254 e. The molecule has 0 atom stereocenters. The largest absolute Gasteiger partial charge is 0.497 e. The summed E-state index contributed by atoms with van der Waals surface area (Å²) < 4.78 is 16.0. The van der Waals surface area contributed by atoms with Gasteiger partial charge in [0.2, 0.25) is 0 Å². The Bertz CT molecular complexity index is 783. The molecular weight excluding hydrogens is 354 g/mol. The molecule has 0 aliphatic carbocycles. The molecule has 2 aromatic rings. The van der Waals surface area contributed by atoms with E-state index < -0.39 is 0 Å². The zero-order chi connectivity index (χ0) is 20.1. The molecule has 2 aromatic carbocycles. The third kappa shape index (κ3) is 4.41. The molecule has 0 spiro atoms. The Kier molecular flexibility index (Phi) is 6.45. The van der Waals surface area contributed by atoms with Crippen molar-refractivity contribution in [3.63, 3.8) is 0 Å². The lowest BCUT2D eigenvalue weighted by Gasteiger charge is -2.32. The number of amides is 1. The Morgan fingerprint density at radius 1 is 0.964 bits per heavy atom. The molecular formula is C23H29NO4. The van der Waals surface area contributed by atoms with Crippen LogP contribution in [0.1, 0.15) is 34.3 Å². The van der Waals surface area contributed by atoms with Crippen LogP contribution in [-0.2, 0) is 6.42 Å². The van der Waals surface area contributed by atoms with Crippen LogP contribution in [0, 0.1) is 12.8 Å². The fraction of sp³-hybridized carbons (Fsp3) is 0.435. The number of methoxy groups -OCH3 is 3. The minimum absolute atomic E-state index is 0.0412. The summed E-state index contributed by atoms with van der Waals surface area (Å²) in [5.41, 5.74) is 2.84. The Morgan fingerprint density at radius 2 is 1.54 bits per heavy atom. The second-order valence-electron chi connectivity index (χ2n) is 7.29. The van der Waals surface area contributed by atoms with Crippen molar-refractivity contribution >= 4 is 5.91 Å². The van der Waals surface area contributed by atoms with Crippen LogP contribution in [-0.4, -0.2) is 45.2 Å². The maximum atomic E-state index is 13.0. The number of piperidine rings is 1. The molecule has 0 aromatic heterocycles. The zero-order valence-corrected chi connectivity index (χ0v) is 17.2. The van der Waals surface area contributed by atoms with Crippen LogP contribution in [0.25, 0.3) is 0 Å². The Morgan fingerprint density at radius 3 is 2.04 bits per heavy atom. The fourth-order valence-electron chi connectivity index (χ4n) is 3.83. The van der Waals surface area contributed by atoms with E-state index in [0.29, 0.717) is 23.0 Å². The van der Waals surface area contributed by atoms with Crippen LogP contribution in [0.15, 0.2) is 36.4 Å². The molecule has 1 aliphatic heterocycles. The van der Waals surface area contributed by atoms with Gasteiger partial charge >= 0.3 is 0 Å². The smallest absolute Gasteiger partial charge is 0.254 e. The Labute approximate surface area is 167 Å². The summed E-state index contributed by atoms with van der Waals surface area (Å²) in [5.74, 6) is 2.88. The number of hydrogen-bond acceptors (Lipinski definition) is 4. The second kappa shape index (κ2) is 9.00. The van der Waals surface area contributed by atoms with E-state index >= 15 is 0 Å². The molecule has 1 aliphatic rings. The first-order valence-electron chi connectivity index (χ1n) is 9.70. The van der Waals surface area contributed by atoms with Crippen molar-refractivity contribution in [2.45, 2.75) is 26.2 Å². The zero-order valence-electron chi connectivity index (χ0n) is 17.2. The molecule has 1 saturated heterocycles. The lowest BCUT2D eigenvalue weighted by molar-refractivity contribution is 0.0690. The van der Waals surface area contributed by atoms with E-state index in [9.17, 15) is 4.79 Å². The van der Waals surface area contributed by atoms with E-state index in [1.54, 1.807) is 21.3 Å². The first-order valence-corrected chi connectivity index (χ1v) is 9.70. The van der Waals surface area contributed by atoms with Gasteiger partial charge in [-0.15, -0.1) is 0 Å². The van der Waals surface area contributed by atoms with Crippen LogP contribution < -0.4 is 14.2 Å². The van der Waals surface area contributed by atoms with E-state index in [1.807, 2.05) is 36.1 Å². The minimum Gasteiger partial charge on any atom is -0.497 e. The number of benzene rings is 2. The van der Waals surface area contributed by atoms with Gasteiger partial charge in [-0.25, -0.2) is 0 Å². The van der Waals surface area contributed by atoms with Crippen LogP contribution in [0.5, 0.6) is 17.2 Å². The number of likely N-dealkylation sites (tertiary alicyclic amines) is 1. The van der Waals surface area contributed by atoms with E-state index in [4.69, 9.17) is 14.2 Å². The van der Waals surface area contributed by atoms with E-state index in [2.05, 4.69) is 12.1 Å². The third-order valence-electron chi connectivity index (χ3n) is 5.58. The van der Waals surface area contributed by atoms with Crippen molar-refractivity contribution < 1.29 is 19.0 Å². The van der Waals surface area contributed by atoms with E-state index in [1.165, 1.54) is 5.56 Å². The number of carbonyl (C=O) groups is 1. The van der Waals surface area contributed by atoms with Gasteiger partial charge in [0, 0.05) is 24.2 Å². The number of rotatable bonds is 6. The predicted molar refractivity (Wildman–Crippen MR) is 110 cm³/mol. The second-order valence-corrected chi connectivity index (χ2v) is 7.29. The maximum absolute atomic E-state index is 13.0. The number of carbonyl (C=O) groups excluding carboxylic acids is 1. The Hall–Kier alpha value is -2.69. The molecule has 0 radical (unpaired) electrons. The van der Waals surface area contributed by atoms with E-state index in [-0.39, 0.29) is 5.91 Å². The quantitative estimate of drug-likeness (QED) is 0.753. The number of nitrogens with zero attached hydrogens (tertiary/aromatic N) is 1. The summed E-state index contributed by atoms with van der Waals surface area (Å²) in [5, 5.41) is 0. The highest BCUT2D eigenvalue weighted by Gasteiger charge is 2.25. The summed E-state index contributed by atoms with van der Waals surface area (Å²) in [6, 6.07) is 11.9. The molecule has 0 saturated carbocycles. The van der Waals surface area contributed by atoms with Gasteiger partial charge in [-0.1, -0.05) is 12.1 Å². The van der Waals surface area contributed by atoms with Crippen molar-refractivity contribution in [2.75, 3.05) is 34.4 Å². The van der Waals surface area contributed by atoms with E-state index in [0.717, 1.165) is 43.7 Å². The highest BCUT2D eigenvalue weighted by atomic mass is 16.5. The summed E-state index contributed by atoms with van der Waals surface area (Å²) >= 11 is 0. The highest BCUT2D eigenvalue weighted by molar-refractivity contribution is 5.95. The SMILES string of the molecule is COc1ccc(CC2CCN(C(=O)c3cc(OC)c(C)c(OC)c3)CC2)cc1. The molecule has 0 bridgehead atoms. The summed E-state index contributed by atoms with van der Waals surface area (Å²) in [4.78, 5) is 14.9. The third-order valence-corrected chi connectivity index (χ3v) is 5.58. The molecule has 0 unspecified atom stereocenters. The summed E-state index contributed by atoms with van der Waals surface area (Å²) in [6.45, 7) is 3.48. The first-order chi connectivity index (χ1) is 13.5. The molecule has 1 heterocycles. The Balaban J connectivity index is 1.62. The number of ether oxygens (including phenoxy) is 3. The van der Waals surface area contributed by atoms with Gasteiger partial charge < -0.3 is 19.1 Å². The van der Waals surface area contributed by atoms with Gasteiger partial charge in [0.15, 0.2) is 0 Å². The van der Waals surface area contributed by atoms with Gasteiger partial charge in [-0.2, -0.15) is 0 Å². The highest BCUT2D eigenvalue weighted by Crippen LogP contribution is 2.31. The molecule has 28 heavy (non-hydrogen) atoms. The van der Waals surface area contributed by atoms with Crippen molar-refractivity contribution in [3.8, 4) is 17.2 Å². The summed E-state index contributed by atoms with van der Waals surface area (Å²) in [7, 11) is 4.91. The van der Waals surface area contributed by atoms with Crippen LogP contribution >= 0.6 is 0 Å². The molecule has 0 N–H and O–H groups in total. The molecule has 5 heteroatoms. The van der Waals surface area contributed by atoms with Crippen LogP contribution in [0.4, 0.5) is 0 Å². The standard InChI is InChI=1S/C23H29NO4/c1-16-21(27-3)14-19(15-22(16)28-4)23(25)24-11-9-18(10-12-24)13-17-5-7-20(26-2)8-6-17/h5-8,14-15,18H,9-13H2,1-4H3. The molecule has 3 rings (SSSR count). The van der Waals surface area contributed by atoms with Crippen molar-refractivity contribution in [1.29, 1.82) is 0 Å². The summed E-state index contributed by atoms with van der Waals surface area (Å²) in [6.07, 6.45) is 3.06. The lowest BCUT2D eigenvalue weighted by Crippen LogP contribution is -2.39. The minimum atomic E-state index is 0.0412. The van der Waals surface area contributed by atoms with Crippen molar-refractivity contribution in [1.82, 2.24) is 4.90 Å². The monoisotopic (exact) mass is 383 g/mol. The average molecular weight is 383 g/mol. The van der Waals surface area contributed by atoms with Gasteiger partial charge in [-0.3, -0.25) is 4.79 Å². The average Bonchev–Trinajstić information content (AvgIpc) is 2.74.